The van der Waals surface area contributed by atoms with E-state index in [9.17, 15) is 14.4 Å². The predicted molar refractivity (Wildman–Crippen MR) is 339 cm³/mol. The van der Waals surface area contributed by atoms with Gasteiger partial charge in [0, 0.05) is 19.3 Å². The van der Waals surface area contributed by atoms with Crippen molar-refractivity contribution in [1.82, 2.24) is 0 Å². The molecule has 78 heavy (non-hydrogen) atoms. The maximum absolute atomic E-state index is 12.9. The largest absolute Gasteiger partial charge is 0.462 e. The Labute approximate surface area is 480 Å². The van der Waals surface area contributed by atoms with Crippen molar-refractivity contribution in [3.8, 4) is 0 Å². The van der Waals surface area contributed by atoms with Crippen molar-refractivity contribution in [2.75, 3.05) is 13.2 Å². The van der Waals surface area contributed by atoms with Crippen molar-refractivity contribution in [1.29, 1.82) is 0 Å². The Bertz CT molecular complexity index is 1710. The Hall–Kier alpha value is -4.71. The van der Waals surface area contributed by atoms with Crippen molar-refractivity contribution in [2.24, 2.45) is 0 Å². The van der Waals surface area contributed by atoms with Crippen LogP contribution >= 0.6 is 0 Å². The first-order valence-corrected chi connectivity index (χ1v) is 31.8. The maximum Gasteiger partial charge on any atom is 0.306 e. The summed E-state index contributed by atoms with van der Waals surface area (Å²) in [5.74, 6) is -0.947. The fourth-order valence-corrected chi connectivity index (χ4v) is 8.35. The van der Waals surface area contributed by atoms with Crippen molar-refractivity contribution in [3.63, 3.8) is 0 Å². The van der Waals surface area contributed by atoms with Crippen molar-refractivity contribution in [3.05, 3.63) is 146 Å². The van der Waals surface area contributed by atoms with Gasteiger partial charge in [-0.15, -0.1) is 0 Å². The Morgan fingerprint density at radius 1 is 0.269 bits per heavy atom. The summed E-state index contributed by atoms with van der Waals surface area (Å²) >= 11 is 0. The third kappa shape index (κ3) is 62.1. The summed E-state index contributed by atoms with van der Waals surface area (Å²) in [6.45, 7) is 6.36. The van der Waals surface area contributed by atoms with Gasteiger partial charge in [0.1, 0.15) is 13.2 Å². The van der Waals surface area contributed by atoms with Crippen LogP contribution in [0.1, 0.15) is 271 Å². The molecule has 0 radical (unpaired) electrons. The highest BCUT2D eigenvalue weighted by Gasteiger charge is 2.19. The molecule has 0 aliphatic rings. The lowest BCUT2D eigenvalue weighted by atomic mass is 10.1. The highest BCUT2D eigenvalue weighted by molar-refractivity contribution is 5.71. The van der Waals surface area contributed by atoms with Crippen LogP contribution in [0.2, 0.25) is 0 Å². The molecule has 0 aromatic heterocycles. The number of allylic oxidation sites excluding steroid dienone is 24. The standard InChI is InChI=1S/C72H116O6/c1-4-7-10-13-16-19-22-25-27-28-29-30-31-32-33-34-35-36-37-38-39-40-41-42-43-44-45-48-50-53-56-59-62-65-71(74)77-68-69(67-76-70(73)64-61-58-55-52-49-46-24-21-18-15-12-9-6-3)78-72(75)66-63-60-57-54-51-47-26-23-20-17-14-11-8-5-2/h7,9-10,12,16,18-19,21,23,25-27,29-30,32-33,35-36,38-39,41-42,46,49,69H,4-6,8,11,13-15,17,20,22,24,28,31,34,37,40,43-45,47-48,50-68H2,1-3H3/b10-7-,12-9-,19-16-,21-18-,26-23-,27-25-,30-29-,33-32-,36-35-,39-38-,42-41-,49-46-. The summed E-state index contributed by atoms with van der Waals surface area (Å²) in [5.41, 5.74) is 0. The second-order valence-electron chi connectivity index (χ2n) is 20.5. The van der Waals surface area contributed by atoms with Crippen LogP contribution in [0.15, 0.2) is 146 Å². The lowest BCUT2D eigenvalue weighted by Crippen LogP contribution is -2.30. The lowest BCUT2D eigenvalue weighted by Gasteiger charge is -2.18. The number of unbranched alkanes of at least 4 members (excludes halogenated alkanes) is 21. The minimum absolute atomic E-state index is 0.0992. The molecule has 0 aromatic rings. The van der Waals surface area contributed by atoms with E-state index < -0.39 is 6.10 Å². The Morgan fingerprint density at radius 3 is 0.808 bits per heavy atom. The summed E-state index contributed by atoms with van der Waals surface area (Å²) in [7, 11) is 0. The number of esters is 3. The van der Waals surface area contributed by atoms with E-state index in [4.69, 9.17) is 14.2 Å². The summed E-state index contributed by atoms with van der Waals surface area (Å²) in [4.78, 5) is 38.2. The van der Waals surface area contributed by atoms with Gasteiger partial charge in [0.25, 0.3) is 0 Å². The molecule has 6 heteroatoms. The molecule has 0 amide bonds. The third-order valence-electron chi connectivity index (χ3n) is 13.1. The van der Waals surface area contributed by atoms with E-state index in [2.05, 4.69) is 167 Å². The molecule has 0 aromatic carbocycles. The van der Waals surface area contributed by atoms with E-state index in [0.29, 0.717) is 19.3 Å². The fourth-order valence-electron chi connectivity index (χ4n) is 8.35. The number of hydrogen-bond acceptors (Lipinski definition) is 6. The monoisotopic (exact) mass is 1080 g/mol. The molecule has 0 spiro atoms. The van der Waals surface area contributed by atoms with Crippen molar-refractivity contribution < 1.29 is 28.6 Å². The SMILES string of the molecule is CC/C=C\C/C=C\C/C=C\C/C=C\C/C=C\C/C=C\C/C=C\C/C=C\CCCCCCCCCCC(=O)OCC(COC(=O)CCCCC/C=C\C/C=C\C/C=C\CC)OC(=O)CCCCCCC/C=C\CCCCCCC. The van der Waals surface area contributed by atoms with Gasteiger partial charge < -0.3 is 14.2 Å². The second-order valence-corrected chi connectivity index (χ2v) is 20.5. The smallest absolute Gasteiger partial charge is 0.306 e. The number of ether oxygens (including phenoxy) is 3. The minimum atomic E-state index is -0.803. The zero-order valence-corrected chi connectivity index (χ0v) is 50.4. The summed E-state index contributed by atoms with van der Waals surface area (Å²) < 4.78 is 16.8. The molecule has 0 bridgehead atoms. The molecule has 0 saturated carbocycles. The molecule has 1 atom stereocenters. The average Bonchev–Trinajstić information content (AvgIpc) is 3.44. The Morgan fingerprint density at radius 2 is 0.500 bits per heavy atom. The first-order valence-electron chi connectivity index (χ1n) is 31.8. The quantitative estimate of drug-likeness (QED) is 0.0261. The summed E-state index contributed by atoms with van der Waals surface area (Å²) in [6.07, 6.45) is 92.9. The summed E-state index contributed by atoms with van der Waals surface area (Å²) in [6, 6.07) is 0. The molecule has 0 fully saturated rings. The van der Waals surface area contributed by atoms with Crippen LogP contribution < -0.4 is 0 Å². The molecule has 0 N–H and O–H groups in total. The number of hydrogen-bond donors (Lipinski definition) is 0. The highest BCUT2D eigenvalue weighted by atomic mass is 16.6. The average molecular weight is 1080 g/mol. The molecular weight excluding hydrogens is 961 g/mol. The van der Waals surface area contributed by atoms with Gasteiger partial charge in [-0.3, -0.25) is 14.4 Å². The van der Waals surface area contributed by atoms with Gasteiger partial charge in [0.05, 0.1) is 0 Å². The molecule has 0 rings (SSSR count). The van der Waals surface area contributed by atoms with E-state index in [1.807, 2.05) is 0 Å². The van der Waals surface area contributed by atoms with Crippen LogP contribution in [0.5, 0.6) is 0 Å². The van der Waals surface area contributed by atoms with Crippen LogP contribution in [0.3, 0.4) is 0 Å². The van der Waals surface area contributed by atoms with E-state index >= 15 is 0 Å². The predicted octanol–water partition coefficient (Wildman–Crippen LogP) is 21.9. The van der Waals surface area contributed by atoms with E-state index in [1.54, 1.807) is 0 Å². The highest BCUT2D eigenvalue weighted by Crippen LogP contribution is 2.14. The van der Waals surface area contributed by atoms with Gasteiger partial charge in [0.2, 0.25) is 0 Å². The molecule has 0 saturated heterocycles. The van der Waals surface area contributed by atoms with Crippen LogP contribution in [-0.4, -0.2) is 37.2 Å². The molecule has 0 heterocycles. The number of carbonyl (C=O) groups is 3. The van der Waals surface area contributed by atoms with Crippen molar-refractivity contribution in [2.45, 2.75) is 277 Å². The molecular formula is C72H116O6. The van der Waals surface area contributed by atoms with Gasteiger partial charge >= 0.3 is 17.9 Å². The Kier molecular flexibility index (Phi) is 60.9. The number of carbonyl (C=O) groups excluding carboxylic acids is 3. The minimum Gasteiger partial charge on any atom is -0.462 e. The number of rotatable bonds is 56. The van der Waals surface area contributed by atoms with Gasteiger partial charge in [0.15, 0.2) is 6.10 Å². The van der Waals surface area contributed by atoms with Gasteiger partial charge in [-0.2, -0.15) is 0 Å². The first kappa shape index (κ1) is 73.3. The first-order chi connectivity index (χ1) is 38.5. The van der Waals surface area contributed by atoms with Crippen LogP contribution in [-0.2, 0) is 28.6 Å². The van der Waals surface area contributed by atoms with Gasteiger partial charge in [-0.05, 0) is 141 Å². The molecule has 0 aliphatic carbocycles. The van der Waals surface area contributed by atoms with E-state index in [0.717, 1.165) is 154 Å². The summed E-state index contributed by atoms with van der Waals surface area (Å²) in [5, 5.41) is 0. The fraction of sp³-hybridized carbons (Fsp3) is 0.625. The second kappa shape index (κ2) is 64.8. The maximum atomic E-state index is 12.9. The lowest BCUT2D eigenvalue weighted by molar-refractivity contribution is -0.167. The normalized spacial score (nSPS) is 13.1. The zero-order chi connectivity index (χ0) is 56.4. The van der Waals surface area contributed by atoms with E-state index in [1.165, 1.54) is 77.0 Å². The molecule has 1 unspecified atom stereocenters. The third-order valence-corrected chi connectivity index (χ3v) is 13.1. The zero-order valence-electron chi connectivity index (χ0n) is 50.4. The van der Waals surface area contributed by atoms with Gasteiger partial charge in [-0.25, -0.2) is 0 Å². The van der Waals surface area contributed by atoms with E-state index in [-0.39, 0.29) is 31.1 Å². The Balaban J connectivity index is 4.29. The van der Waals surface area contributed by atoms with Gasteiger partial charge in [-0.1, -0.05) is 256 Å². The van der Waals surface area contributed by atoms with Crippen LogP contribution in [0.25, 0.3) is 0 Å². The molecule has 440 valence electrons. The molecule has 0 aliphatic heterocycles. The topological polar surface area (TPSA) is 78.9 Å². The molecule has 6 nitrogen and oxygen atoms in total. The van der Waals surface area contributed by atoms with Crippen LogP contribution in [0, 0.1) is 0 Å². The van der Waals surface area contributed by atoms with Crippen LogP contribution in [0.4, 0.5) is 0 Å². The van der Waals surface area contributed by atoms with Crippen molar-refractivity contribution >= 4 is 17.9 Å².